The van der Waals surface area contributed by atoms with Crippen LogP contribution in [0.25, 0.3) is 0 Å². The summed E-state index contributed by atoms with van der Waals surface area (Å²) in [7, 11) is 1.60. The summed E-state index contributed by atoms with van der Waals surface area (Å²) in [6.07, 6.45) is 2.37. The summed E-state index contributed by atoms with van der Waals surface area (Å²) in [6.45, 7) is 2.45. The quantitative estimate of drug-likeness (QED) is 0.774. The second-order valence-electron chi connectivity index (χ2n) is 6.30. The van der Waals surface area contributed by atoms with E-state index in [0.717, 1.165) is 30.0 Å². The Balaban J connectivity index is 1.57. The van der Waals surface area contributed by atoms with Crippen molar-refractivity contribution in [3.05, 3.63) is 59.7 Å². The Morgan fingerprint density at radius 1 is 1.00 bits per heavy atom. The van der Waals surface area contributed by atoms with Gasteiger partial charge in [0, 0.05) is 32.2 Å². The van der Waals surface area contributed by atoms with E-state index in [9.17, 15) is 9.59 Å². The Bertz CT molecular complexity index is 768. The van der Waals surface area contributed by atoms with Gasteiger partial charge in [0.2, 0.25) is 0 Å². The second kappa shape index (κ2) is 8.38. The van der Waals surface area contributed by atoms with Gasteiger partial charge in [0.25, 0.3) is 5.91 Å². The van der Waals surface area contributed by atoms with E-state index in [1.54, 1.807) is 19.2 Å². The minimum absolute atomic E-state index is 0.124. The fraction of sp³-hybridized carbons (Fsp3) is 0.300. The van der Waals surface area contributed by atoms with Gasteiger partial charge >= 0.3 is 6.03 Å². The number of benzene rings is 2. The number of hydrogen-bond donors (Lipinski definition) is 3. The van der Waals surface area contributed by atoms with Crippen molar-refractivity contribution in [3.8, 4) is 0 Å². The molecule has 0 aliphatic carbocycles. The number of nitrogens with one attached hydrogen (secondary N) is 3. The molecule has 26 heavy (non-hydrogen) atoms. The first-order chi connectivity index (χ1) is 12.7. The molecule has 1 aliphatic rings. The first kappa shape index (κ1) is 17.8. The molecule has 0 bridgehead atoms. The summed E-state index contributed by atoms with van der Waals surface area (Å²) in [6, 6.07) is 14.8. The third-order valence-electron chi connectivity index (χ3n) is 4.50. The molecule has 0 atom stereocenters. The van der Waals surface area contributed by atoms with Gasteiger partial charge in [-0.15, -0.1) is 0 Å². The molecule has 0 spiro atoms. The van der Waals surface area contributed by atoms with Crippen molar-refractivity contribution in [2.24, 2.45) is 0 Å². The Hall–Kier alpha value is -3.02. The normalized spacial score (nSPS) is 13.3. The predicted molar refractivity (Wildman–Crippen MR) is 104 cm³/mol. The zero-order valence-corrected chi connectivity index (χ0v) is 14.9. The molecule has 2 aromatic rings. The smallest absolute Gasteiger partial charge is 0.319 e. The molecule has 0 aromatic heterocycles. The second-order valence-corrected chi connectivity index (χ2v) is 6.30. The maximum absolute atomic E-state index is 12.3. The van der Waals surface area contributed by atoms with Crippen molar-refractivity contribution in [3.63, 3.8) is 0 Å². The molecule has 136 valence electrons. The fourth-order valence-electron chi connectivity index (χ4n) is 3.08. The molecule has 6 heteroatoms. The van der Waals surface area contributed by atoms with Gasteiger partial charge in [0.05, 0.1) is 11.4 Å². The minimum atomic E-state index is -0.243. The number of nitrogens with zero attached hydrogens (tertiary/aromatic N) is 1. The van der Waals surface area contributed by atoms with Crippen molar-refractivity contribution >= 4 is 23.3 Å². The van der Waals surface area contributed by atoms with Gasteiger partial charge < -0.3 is 20.9 Å². The maximum atomic E-state index is 12.3. The van der Waals surface area contributed by atoms with Gasteiger partial charge in [0.15, 0.2) is 0 Å². The Kier molecular flexibility index (Phi) is 5.73. The van der Waals surface area contributed by atoms with E-state index in [1.807, 2.05) is 36.4 Å². The summed E-state index contributed by atoms with van der Waals surface area (Å²) in [4.78, 5) is 26.1. The lowest BCUT2D eigenvalue weighted by Gasteiger charge is -2.21. The van der Waals surface area contributed by atoms with E-state index < -0.39 is 0 Å². The summed E-state index contributed by atoms with van der Waals surface area (Å²) in [5.41, 5.74) is 3.41. The number of amides is 3. The highest BCUT2D eigenvalue weighted by Crippen LogP contribution is 2.28. The van der Waals surface area contributed by atoms with Crippen LogP contribution < -0.4 is 20.9 Å². The Labute approximate surface area is 153 Å². The molecule has 3 rings (SSSR count). The van der Waals surface area contributed by atoms with Gasteiger partial charge in [-0.1, -0.05) is 24.3 Å². The van der Waals surface area contributed by atoms with Gasteiger partial charge in [-0.2, -0.15) is 0 Å². The van der Waals surface area contributed by atoms with Crippen LogP contribution in [0, 0.1) is 0 Å². The molecule has 6 nitrogen and oxygen atoms in total. The first-order valence-electron chi connectivity index (χ1n) is 8.87. The molecule has 0 radical (unpaired) electrons. The van der Waals surface area contributed by atoms with Crippen molar-refractivity contribution in [2.75, 3.05) is 30.4 Å². The van der Waals surface area contributed by atoms with Gasteiger partial charge in [-0.25, -0.2) is 4.79 Å². The molecule has 3 N–H and O–H groups in total. The molecule has 3 amide bonds. The predicted octanol–water partition coefficient (Wildman–Crippen LogP) is 2.97. The molecule has 1 heterocycles. The standard InChI is InChI=1S/C20H24N4O2/c1-21-19(25)16-10-8-15(9-11-16)14-22-20(26)23-17-6-2-3-7-18(17)24-12-4-5-13-24/h2-3,6-11H,4-5,12-14H2,1H3,(H,21,25)(H2,22,23,26). The van der Waals surface area contributed by atoms with E-state index in [-0.39, 0.29) is 11.9 Å². The number of rotatable bonds is 5. The van der Waals surface area contributed by atoms with Crippen molar-refractivity contribution in [2.45, 2.75) is 19.4 Å². The highest BCUT2D eigenvalue weighted by Gasteiger charge is 2.16. The molecule has 2 aromatic carbocycles. The maximum Gasteiger partial charge on any atom is 0.319 e. The zero-order chi connectivity index (χ0) is 18.4. The van der Waals surface area contributed by atoms with Crippen LogP contribution in [0.15, 0.2) is 48.5 Å². The van der Waals surface area contributed by atoms with E-state index in [2.05, 4.69) is 20.9 Å². The minimum Gasteiger partial charge on any atom is -0.370 e. The third kappa shape index (κ3) is 4.33. The third-order valence-corrected chi connectivity index (χ3v) is 4.50. The lowest BCUT2D eigenvalue weighted by molar-refractivity contribution is 0.0963. The van der Waals surface area contributed by atoms with Crippen LogP contribution in [0.5, 0.6) is 0 Å². The average Bonchev–Trinajstić information content (AvgIpc) is 3.21. The van der Waals surface area contributed by atoms with Crippen LogP contribution in [-0.2, 0) is 6.54 Å². The van der Waals surface area contributed by atoms with Crippen LogP contribution in [0.2, 0.25) is 0 Å². The summed E-state index contributed by atoms with van der Waals surface area (Å²) < 4.78 is 0. The molecule has 1 saturated heterocycles. The van der Waals surface area contributed by atoms with E-state index in [0.29, 0.717) is 12.1 Å². The number of anilines is 2. The van der Waals surface area contributed by atoms with Gasteiger partial charge in [0.1, 0.15) is 0 Å². The number of hydrogen-bond acceptors (Lipinski definition) is 3. The van der Waals surface area contributed by atoms with Gasteiger partial charge in [-0.05, 0) is 42.7 Å². The molecular formula is C20H24N4O2. The highest BCUT2D eigenvalue weighted by molar-refractivity contribution is 5.94. The zero-order valence-electron chi connectivity index (χ0n) is 14.9. The number of carbonyl (C=O) groups is 2. The SMILES string of the molecule is CNC(=O)c1ccc(CNC(=O)Nc2ccccc2N2CCCC2)cc1. The van der Waals surface area contributed by atoms with Crippen LogP contribution in [-0.4, -0.2) is 32.1 Å². The van der Waals surface area contributed by atoms with Crippen LogP contribution in [0.1, 0.15) is 28.8 Å². The first-order valence-corrected chi connectivity index (χ1v) is 8.87. The number of para-hydroxylation sites is 2. The number of carbonyl (C=O) groups excluding carboxylic acids is 2. The monoisotopic (exact) mass is 352 g/mol. The van der Waals surface area contributed by atoms with Crippen LogP contribution >= 0.6 is 0 Å². The lowest BCUT2D eigenvalue weighted by atomic mass is 10.1. The van der Waals surface area contributed by atoms with E-state index in [1.165, 1.54) is 12.8 Å². The fourth-order valence-corrected chi connectivity index (χ4v) is 3.08. The topological polar surface area (TPSA) is 73.5 Å². The van der Waals surface area contributed by atoms with Crippen molar-refractivity contribution in [1.29, 1.82) is 0 Å². The average molecular weight is 352 g/mol. The van der Waals surface area contributed by atoms with Gasteiger partial charge in [-0.3, -0.25) is 4.79 Å². The Morgan fingerprint density at radius 2 is 1.69 bits per heavy atom. The van der Waals surface area contributed by atoms with E-state index in [4.69, 9.17) is 0 Å². The molecule has 1 fully saturated rings. The van der Waals surface area contributed by atoms with Crippen molar-refractivity contribution in [1.82, 2.24) is 10.6 Å². The molecule has 0 unspecified atom stereocenters. The number of urea groups is 1. The van der Waals surface area contributed by atoms with Crippen LogP contribution in [0.4, 0.5) is 16.2 Å². The summed E-state index contributed by atoms with van der Waals surface area (Å²) in [5, 5.41) is 8.38. The molecule has 1 aliphatic heterocycles. The Morgan fingerprint density at radius 3 is 2.38 bits per heavy atom. The van der Waals surface area contributed by atoms with E-state index >= 15 is 0 Å². The summed E-state index contributed by atoms with van der Waals surface area (Å²) >= 11 is 0. The van der Waals surface area contributed by atoms with Crippen LogP contribution in [0.3, 0.4) is 0 Å². The molecule has 0 saturated carbocycles. The molecular weight excluding hydrogens is 328 g/mol. The van der Waals surface area contributed by atoms with Crippen molar-refractivity contribution < 1.29 is 9.59 Å². The summed E-state index contributed by atoms with van der Waals surface area (Å²) in [5.74, 6) is -0.124. The lowest BCUT2D eigenvalue weighted by Crippen LogP contribution is -2.29. The highest BCUT2D eigenvalue weighted by atomic mass is 16.2. The largest absolute Gasteiger partial charge is 0.370 e.